The predicted octanol–water partition coefficient (Wildman–Crippen LogP) is 3.94. The Morgan fingerprint density at radius 2 is 1.88 bits per heavy atom. The Bertz CT molecular complexity index is 1030. The first-order valence-corrected chi connectivity index (χ1v) is 11.3. The van der Waals surface area contributed by atoms with Gasteiger partial charge in [-0.25, -0.2) is 4.39 Å². The first-order valence-electron chi connectivity index (χ1n) is 11.3. The van der Waals surface area contributed by atoms with Crippen LogP contribution in [0.5, 0.6) is 5.75 Å². The summed E-state index contributed by atoms with van der Waals surface area (Å²) in [6.45, 7) is 5.66. The molecule has 7 nitrogen and oxygen atoms in total. The van der Waals surface area contributed by atoms with Crippen molar-refractivity contribution in [3.05, 3.63) is 59.4 Å². The third-order valence-electron chi connectivity index (χ3n) is 5.67. The standard InChI is InChI=1S/C26H29FN4O3/c1-20(32)25-9-8-23(16-26(25)27)34-19-24-18-30(14-15-33-24)17-21-4-6-22(7-5-21)31(12-2-10-28)13-3-11-29/h4-9,16,24H,2-3,12-15,17-19H2,1H3. The van der Waals surface area contributed by atoms with E-state index in [1.807, 2.05) is 12.1 Å². The van der Waals surface area contributed by atoms with Crippen LogP contribution in [0.15, 0.2) is 42.5 Å². The van der Waals surface area contributed by atoms with Crippen molar-refractivity contribution in [1.82, 2.24) is 4.90 Å². The van der Waals surface area contributed by atoms with Gasteiger partial charge >= 0.3 is 0 Å². The number of benzene rings is 2. The molecule has 0 bridgehead atoms. The van der Waals surface area contributed by atoms with E-state index in [-0.39, 0.29) is 17.5 Å². The van der Waals surface area contributed by atoms with Gasteiger partial charge in [0.25, 0.3) is 0 Å². The fourth-order valence-electron chi connectivity index (χ4n) is 3.90. The topological polar surface area (TPSA) is 89.6 Å². The zero-order chi connectivity index (χ0) is 24.3. The highest BCUT2D eigenvalue weighted by Crippen LogP contribution is 2.20. The Balaban J connectivity index is 1.52. The van der Waals surface area contributed by atoms with Crippen LogP contribution in [-0.4, -0.2) is 56.2 Å². The van der Waals surface area contributed by atoms with Crippen molar-refractivity contribution >= 4 is 11.5 Å². The van der Waals surface area contributed by atoms with E-state index in [2.05, 4.69) is 34.1 Å². The molecule has 1 heterocycles. The van der Waals surface area contributed by atoms with Crippen LogP contribution >= 0.6 is 0 Å². The lowest BCUT2D eigenvalue weighted by Crippen LogP contribution is -2.44. The first kappa shape index (κ1) is 25.2. The lowest BCUT2D eigenvalue weighted by atomic mass is 10.1. The molecule has 1 fully saturated rings. The minimum Gasteiger partial charge on any atom is -0.491 e. The highest BCUT2D eigenvalue weighted by molar-refractivity contribution is 5.94. The molecule has 0 aromatic heterocycles. The summed E-state index contributed by atoms with van der Waals surface area (Å²) in [4.78, 5) is 15.7. The zero-order valence-electron chi connectivity index (χ0n) is 19.4. The van der Waals surface area contributed by atoms with Crippen LogP contribution in [0.1, 0.15) is 35.7 Å². The van der Waals surface area contributed by atoms with E-state index < -0.39 is 5.82 Å². The van der Waals surface area contributed by atoms with Gasteiger partial charge in [-0.15, -0.1) is 0 Å². The number of ketones is 1. The summed E-state index contributed by atoms with van der Waals surface area (Å²) in [6.07, 6.45) is 0.687. The highest BCUT2D eigenvalue weighted by atomic mass is 19.1. The van der Waals surface area contributed by atoms with E-state index in [4.69, 9.17) is 20.0 Å². The number of carbonyl (C=O) groups is 1. The molecule has 0 amide bonds. The molecule has 1 saturated heterocycles. The average molecular weight is 465 g/mol. The van der Waals surface area contributed by atoms with Crippen molar-refractivity contribution in [2.75, 3.05) is 44.3 Å². The third kappa shape index (κ3) is 7.28. The maximum Gasteiger partial charge on any atom is 0.162 e. The number of hydrogen-bond donors (Lipinski definition) is 0. The first-order chi connectivity index (χ1) is 16.5. The minimum atomic E-state index is -0.585. The lowest BCUT2D eigenvalue weighted by Gasteiger charge is -2.33. The summed E-state index contributed by atoms with van der Waals surface area (Å²) < 4.78 is 25.5. The molecule has 2 aromatic rings. The second-order valence-corrected chi connectivity index (χ2v) is 8.21. The number of nitriles is 2. The van der Waals surface area contributed by atoms with Gasteiger partial charge in [0.15, 0.2) is 5.78 Å². The van der Waals surface area contributed by atoms with Gasteiger partial charge in [-0.05, 0) is 36.8 Å². The van der Waals surface area contributed by atoms with E-state index in [0.29, 0.717) is 51.4 Å². The molecule has 1 unspecified atom stereocenters. The number of halogens is 1. The molecule has 0 spiro atoms. The van der Waals surface area contributed by atoms with Crippen LogP contribution in [0.4, 0.5) is 10.1 Å². The van der Waals surface area contributed by atoms with Gasteiger partial charge in [-0.3, -0.25) is 9.69 Å². The second-order valence-electron chi connectivity index (χ2n) is 8.21. The molecule has 1 atom stereocenters. The number of rotatable bonds is 11. The van der Waals surface area contributed by atoms with Crippen molar-refractivity contribution in [3.8, 4) is 17.9 Å². The van der Waals surface area contributed by atoms with Gasteiger partial charge in [0.05, 0.1) is 37.2 Å². The van der Waals surface area contributed by atoms with Crippen LogP contribution < -0.4 is 9.64 Å². The molecular formula is C26H29FN4O3. The largest absolute Gasteiger partial charge is 0.491 e. The monoisotopic (exact) mass is 464 g/mol. The zero-order valence-corrected chi connectivity index (χ0v) is 19.4. The Kier molecular flexibility index (Phi) is 9.40. The molecule has 178 valence electrons. The van der Waals surface area contributed by atoms with Crippen molar-refractivity contribution in [1.29, 1.82) is 10.5 Å². The molecule has 1 aliphatic rings. The van der Waals surface area contributed by atoms with Crippen molar-refractivity contribution in [2.45, 2.75) is 32.4 Å². The van der Waals surface area contributed by atoms with Crippen molar-refractivity contribution in [3.63, 3.8) is 0 Å². The number of anilines is 1. The smallest absolute Gasteiger partial charge is 0.162 e. The number of morpholine rings is 1. The van der Waals surface area contributed by atoms with Gasteiger partial charge in [0.2, 0.25) is 0 Å². The summed E-state index contributed by atoms with van der Waals surface area (Å²) in [5.74, 6) is -0.532. The molecular weight excluding hydrogens is 435 g/mol. The molecule has 8 heteroatoms. The molecule has 3 rings (SSSR count). The molecule has 34 heavy (non-hydrogen) atoms. The maximum absolute atomic E-state index is 14.0. The Labute approximate surface area is 199 Å². The number of carbonyl (C=O) groups excluding carboxylic acids is 1. The van der Waals surface area contributed by atoms with Crippen LogP contribution in [0.3, 0.4) is 0 Å². The maximum atomic E-state index is 14.0. The highest BCUT2D eigenvalue weighted by Gasteiger charge is 2.21. The van der Waals surface area contributed by atoms with Crippen molar-refractivity contribution in [2.24, 2.45) is 0 Å². The fraction of sp³-hybridized carbons (Fsp3) is 0.423. The number of Topliss-reactive ketones (excluding diaryl/α,β-unsaturated/α-hetero) is 1. The van der Waals surface area contributed by atoms with Crippen molar-refractivity contribution < 1.29 is 18.7 Å². The Hall–Kier alpha value is -3.46. The van der Waals surface area contributed by atoms with Gasteiger partial charge in [-0.1, -0.05) is 12.1 Å². The summed E-state index contributed by atoms with van der Waals surface area (Å²) in [6, 6.07) is 16.8. The summed E-state index contributed by atoms with van der Waals surface area (Å²) in [5, 5.41) is 17.8. The summed E-state index contributed by atoms with van der Waals surface area (Å²) in [7, 11) is 0. The van der Waals surface area contributed by atoms with Crippen LogP contribution in [0.25, 0.3) is 0 Å². The third-order valence-corrected chi connectivity index (χ3v) is 5.67. The van der Waals surface area contributed by atoms with E-state index in [1.54, 1.807) is 6.07 Å². The molecule has 0 saturated carbocycles. The van der Waals surface area contributed by atoms with E-state index >= 15 is 0 Å². The van der Waals surface area contributed by atoms with Gasteiger partial charge in [-0.2, -0.15) is 10.5 Å². The fourth-order valence-corrected chi connectivity index (χ4v) is 3.90. The molecule has 0 aliphatic carbocycles. The predicted molar refractivity (Wildman–Crippen MR) is 126 cm³/mol. The average Bonchev–Trinajstić information content (AvgIpc) is 2.83. The quantitative estimate of drug-likeness (QED) is 0.465. The van der Waals surface area contributed by atoms with Gasteiger partial charge < -0.3 is 14.4 Å². The summed E-state index contributed by atoms with van der Waals surface area (Å²) >= 11 is 0. The van der Waals surface area contributed by atoms with E-state index in [1.165, 1.54) is 19.1 Å². The Morgan fingerprint density at radius 3 is 2.50 bits per heavy atom. The van der Waals surface area contributed by atoms with Crippen LogP contribution in [-0.2, 0) is 11.3 Å². The summed E-state index contributed by atoms with van der Waals surface area (Å²) in [5.41, 5.74) is 2.22. The molecule has 0 N–H and O–H groups in total. The van der Waals surface area contributed by atoms with Gasteiger partial charge in [0.1, 0.15) is 24.3 Å². The molecule has 1 aliphatic heterocycles. The lowest BCUT2D eigenvalue weighted by molar-refractivity contribution is -0.0504. The number of ether oxygens (including phenoxy) is 2. The molecule has 2 aromatic carbocycles. The van der Waals surface area contributed by atoms with Crippen LogP contribution in [0, 0.1) is 28.5 Å². The normalized spacial score (nSPS) is 15.8. The number of hydrogen-bond acceptors (Lipinski definition) is 7. The van der Waals surface area contributed by atoms with E-state index in [9.17, 15) is 9.18 Å². The van der Waals surface area contributed by atoms with Gasteiger partial charge in [0, 0.05) is 44.5 Å². The molecule has 0 radical (unpaired) electrons. The van der Waals surface area contributed by atoms with E-state index in [0.717, 1.165) is 24.3 Å². The number of nitrogens with zero attached hydrogens (tertiary/aromatic N) is 4. The second kappa shape index (κ2) is 12.7. The van der Waals surface area contributed by atoms with Crippen LogP contribution in [0.2, 0.25) is 0 Å². The SMILES string of the molecule is CC(=O)c1ccc(OCC2CN(Cc3ccc(N(CCC#N)CCC#N)cc3)CCO2)cc1F. The minimum absolute atomic E-state index is 0.0525. The Morgan fingerprint density at radius 1 is 1.18 bits per heavy atom.